The van der Waals surface area contributed by atoms with E-state index in [2.05, 4.69) is 9.90 Å². The molecule has 0 fully saturated rings. The molecule has 0 aliphatic carbocycles. The van der Waals surface area contributed by atoms with Gasteiger partial charge in [0.05, 0.1) is 10.6 Å². The smallest absolute Gasteiger partial charge is 0.262 e. The summed E-state index contributed by atoms with van der Waals surface area (Å²) in [6.45, 7) is 1.62. The summed E-state index contributed by atoms with van der Waals surface area (Å²) >= 11 is 0. The summed E-state index contributed by atoms with van der Waals surface area (Å²) in [6, 6.07) is 23.2. The highest BCUT2D eigenvalue weighted by Crippen LogP contribution is 2.46. The predicted molar refractivity (Wildman–Crippen MR) is 138 cm³/mol. The number of sulfonamides is 1. The number of benzene rings is 5. The number of nitroso groups, excluding NO2 is 1. The van der Waals surface area contributed by atoms with Crippen LogP contribution in [0, 0.1) is 11.8 Å². The molecule has 0 saturated carbocycles. The third kappa shape index (κ3) is 3.83. The first kappa shape index (κ1) is 22.4. The van der Waals surface area contributed by atoms with Gasteiger partial charge in [0.1, 0.15) is 17.2 Å². The molecule has 0 amide bonds. The third-order valence-corrected chi connectivity index (χ3v) is 7.51. The fourth-order valence-corrected chi connectivity index (χ4v) is 5.65. The molecule has 5 rings (SSSR count). The molecule has 0 aromatic heterocycles. The van der Waals surface area contributed by atoms with E-state index in [9.17, 15) is 23.5 Å². The van der Waals surface area contributed by atoms with Crippen LogP contribution in [-0.4, -0.2) is 18.6 Å². The van der Waals surface area contributed by atoms with E-state index in [1.807, 2.05) is 24.3 Å². The number of phenols is 2. The van der Waals surface area contributed by atoms with E-state index in [0.29, 0.717) is 27.3 Å². The molecule has 35 heavy (non-hydrogen) atoms. The zero-order chi connectivity index (χ0) is 24.7. The van der Waals surface area contributed by atoms with Crippen LogP contribution >= 0.6 is 0 Å². The molecule has 0 atom stereocenters. The van der Waals surface area contributed by atoms with Crippen molar-refractivity contribution in [1.82, 2.24) is 0 Å². The second kappa shape index (κ2) is 8.41. The number of hydrogen-bond donors (Lipinski definition) is 3. The van der Waals surface area contributed by atoms with Gasteiger partial charge in [-0.15, -0.1) is 4.91 Å². The molecule has 5 aromatic rings. The summed E-state index contributed by atoms with van der Waals surface area (Å²) in [6.07, 6.45) is 0. The molecule has 0 aliphatic heterocycles. The molecule has 5 aromatic carbocycles. The summed E-state index contributed by atoms with van der Waals surface area (Å²) in [5, 5.41) is 27.2. The summed E-state index contributed by atoms with van der Waals surface area (Å²) in [5.74, 6) is -0.137. The van der Waals surface area contributed by atoms with Gasteiger partial charge < -0.3 is 10.2 Å². The Hall–Kier alpha value is -4.43. The molecule has 0 unspecified atom stereocenters. The second-order valence-corrected chi connectivity index (χ2v) is 9.84. The first-order valence-electron chi connectivity index (χ1n) is 10.7. The van der Waals surface area contributed by atoms with Crippen LogP contribution in [0.1, 0.15) is 5.56 Å². The number of nitrogens with zero attached hydrogens (tertiary/aromatic N) is 1. The third-order valence-electron chi connectivity index (χ3n) is 6.00. The Morgan fingerprint density at radius 1 is 0.800 bits per heavy atom. The highest BCUT2D eigenvalue weighted by atomic mass is 32.2. The number of hydrogen-bond acceptors (Lipinski definition) is 6. The topological polar surface area (TPSA) is 116 Å². The van der Waals surface area contributed by atoms with Crippen molar-refractivity contribution in [3.8, 4) is 22.6 Å². The van der Waals surface area contributed by atoms with Gasteiger partial charge in [0.2, 0.25) is 0 Å². The van der Waals surface area contributed by atoms with Crippen LogP contribution in [0.3, 0.4) is 0 Å². The average molecular weight is 485 g/mol. The zero-order valence-corrected chi connectivity index (χ0v) is 19.4. The largest absolute Gasteiger partial charge is 0.507 e. The SMILES string of the molecule is Cc1ccc(N=O)cc1S(=O)(=O)Nc1cc(-c2c(O)ccc3ccccc23)c(O)c2ccccc12. The quantitative estimate of drug-likeness (QED) is 0.192. The van der Waals surface area contributed by atoms with E-state index in [-0.39, 0.29) is 33.3 Å². The molecular weight excluding hydrogens is 464 g/mol. The first-order valence-corrected chi connectivity index (χ1v) is 12.2. The number of phenolic OH excluding ortho intramolecular Hbond substituents is 2. The Morgan fingerprint density at radius 2 is 1.49 bits per heavy atom. The lowest BCUT2D eigenvalue weighted by atomic mass is 9.93. The molecule has 0 aliphatic rings. The maximum absolute atomic E-state index is 13.4. The van der Waals surface area contributed by atoms with Gasteiger partial charge in [0.25, 0.3) is 10.0 Å². The number of nitrogens with one attached hydrogen (secondary N) is 1. The monoisotopic (exact) mass is 484 g/mol. The van der Waals surface area contributed by atoms with E-state index in [1.165, 1.54) is 30.3 Å². The molecule has 0 heterocycles. The lowest BCUT2D eigenvalue weighted by Crippen LogP contribution is -2.14. The molecule has 174 valence electrons. The van der Waals surface area contributed by atoms with Crippen molar-refractivity contribution in [2.75, 3.05) is 4.72 Å². The average Bonchev–Trinajstić information content (AvgIpc) is 2.86. The Kier molecular flexibility index (Phi) is 5.37. The van der Waals surface area contributed by atoms with Crippen molar-refractivity contribution in [1.29, 1.82) is 0 Å². The van der Waals surface area contributed by atoms with Crippen molar-refractivity contribution in [2.24, 2.45) is 5.18 Å². The van der Waals surface area contributed by atoms with Crippen LogP contribution in [0.2, 0.25) is 0 Å². The van der Waals surface area contributed by atoms with E-state index in [4.69, 9.17) is 0 Å². The van der Waals surface area contributed by atoms with Gasteiger partial charge in [0.15, 0.2) is 0 Å². The minimum Gasteiger partial charge on any atom is -0.507 e. The van der Waals surface area contributed by atoms with Gasteiger partial charge in [-0.05, 0) is 52.7 Å². The van der Waals surface area contributed by atoms with Gasteiger partial charge >= 0.3 is 0 Å². The maximum Gasteiger partial charge on any atom is 0.262 e. The normalized spacial score (nSPS) is 11.6. The van der Waals surface area contributed by atoms with Crippen LogP contribution in [0.25, 0.3) is 32.7 Å². The zero-order valence-electron chi connectivity index (χ0n) is 18.6. The van der Waals surface area contributed by atoms with Gasteiger partial charge in [-0.3, -0.25) is 4.72 Å². The Labute approximate surface area is 201 Å². The van der Waals surface area contributed by atoms with Crippen molar-refractivity contribution in [3.63, 3.8) is 0 Å². The van der Waals surface area contributed by atoms with Crippen LogP contribution in [0.15, 0.2) is 95.0 Å². The van der Waals surface area contributed by atoms with Gasteiger partial charge in [0, 0.05) is 21.9 Å². The predicted octanol–water partition coefficient (Wildman–Crippen LogP) is 6.58. The van der Waals surface area contributed by atoms with E-state index < -0.39 is 10.0 Å². The van der Waals surface area contributed by atoms with Crippen LogP contribution < -0.4 is 4.72 Å². The van der Waals surface area contributed by atoms with Gasteiger partial charge in [-0.2, -0.15) is 0 Å². The highest BCUT2D eigenvalue weighted by Gasteiger charge is 2.23. The standard InChI is InChI=1S/C27H20N2O5S/c1-16-10-12-18(28-32)14-25(16)35(33,34)29-23-15-22(27(31)21-9-5-4-8-20(21)23)26-19-7-3-2-6-17(19)11-13-24(26)30/h2-15,29-31H,1H3. The minimum absolute atomic E-state index is 0.00657. The van der Waals surface area contributed by atoms with Crippen molar-refractivity contribution in [2.45, 2.75) is 11.8 Å². The Balaban J connectivity index is 1.77. The Bertz CT molecular complexity index is 1750. The number of aromatic hydroxyl groups is 2. The fraction of sp³-hybridized carbons (Fsp3) is 0.0370. The van der Waals surface area contributed by atoms with Crippen molar-refractivity contribution < 1.29 is 18.6 Å². The molecule has 0 bridgehead atoms. The highest BCUT2D eigenvalue weighted by molar-refractivity contribution is 7.92. The molecule has 8 heteroatoms. The number of aryl methyl sites for hydroxylation is 1. The van der Waals surface area contributed by atoms with Crippen molar-refractivity contribution in [3.05, 3.63) is 95.4 Å². The van der Waals surface area contributed by atoms with Crippen LogP contribution in [-0.2, 0) is 10.0 Å². The second-order valence-electron chi connectivity index (χ2n) is 8.19. The van der Waals surface area contributed by atoms with Crippen molar-refractivity contribution >= 4 is 42.9 Å². The van der Waals surface area contributed by atoms with Gasteiger partial charge in [-0.25, -0.2) is 8.42 Å². The van der Waals surface area contributed by atoms with E-state index >= 15 is 0 Å². The van der Waals surface area contributed by atoms with E-state index in [1.54, 1.807) is 37.3 Å². The van der Waals surface area contributed by atoms with Crippen LogP contribution in [0.5, 0.6) is 11.5 Å². The number of fused-ring (bicyclic) bond motifs is 2. The van der Waals surface area contributed by atoms with Gasteiger partial charge in [-0.1, -0.05) is 60.7 Å². The molecule has 0 spiro atoms. The number of anilines is 1. The lowest BCUT2D eigenvalue weighted by molar-refractivity contribution is 0.472. The molecular formula is C27H20N2O5S. The summed E-state index contributed by atoms with van der Waals surface area (Å²) < 4.78 is 29.4. The summed E-state index contributed by atoms with van der Waals surface area (Å²) in [4.78, 5) is 10.9. The lowest BCUT2D eigenvalue weighted by Gasteiger charge is -2.17. The van der Waals surface area contributed by atoms with Crippen LogP contribution in [0.4, 0.5) is 11.4 Å². The summed E-state index contributed by atoms with van der Waals surface area (Å²) in [7, 11) is -4.13. The van der Waals surface area contributed by atoms with E-state index in [0.717, 1.165) is 5.39 Å². The maximum atomic E-state index is 13.4. The molecule has 7 nitrogen and oxygen atoms in total. The molecule has 0 saturated heterocycles. The molecule has 3 N–H and O–H groups in total. The Morgan fingerprint density at radius 3 is 2.23 bits per heavy atom. The molecule has 0 radical (unpaired) electrons. The summed E-state index contributed by atoms with van der Waals surface area (Å²) in [5.41, 5.74) is 1.31. The fourth-order valence-electron chi connectivity index (χ4n) is 4.31. The minimum atomic E-state index is -4.13. The number of rotatable bonds is 5. The first-order chi connectivity index (χ1) is 16.8.